The van der Waals surface area contributed by atoms with Crippen LogP contribution in [0.4, 0.5) is 8.78 Å². The van der Waals surface area contributed by atoms with Gasteiger partial charge in [-0.25, -0.2) is 17.2 Å². The van der Waals surface area contributed by atoms with E-state index in [4.69, 9.17) is 0 Å². The standard InChI is InChI=1S/C7H5BrF2O2S/c8-4-13(11,12)7-5(9)2-1-3-6(7)10/h1-3H,4H2. The van der Waals surface area contributed by atoms with Gasteiger partial charge in [0.2, 0.25) is 0 Å². The molecule has 0 radical (unpaired) electrons. The van der Waals surface area contributed by atoms with E-state index in [0.717, 1.165) is 18.2 Å². The molecule has 0 atom stereocenters. The van der Waals surface area contributed by atoms with Gasteiger partial charge < -0.3 is 0 Å². The molecular weight excluding hydrogens is 266 g/mol. The molecule has 0 aliphatic rings. The van der Waals surface area contributed by atoms with E-state index in [1.165, 1.54) is 0 Å². The summed E-state index contributed by atoms with van der Waals surface area (Å²) in [6.07, 6.45) is 0. The predicted octanol–water partition coefficient (Wildman–Crippen LogP) is 2.09. The fourth-order valence-electron chi connectivity index (χ4n) is 0.834. The van der Waals surface area contributed by atoms with Gasteiger partial charge in [0.1, 0.15) is 21.2 Å². The van der Waals surface area contributed by atoms with Crippen molar-refractivity contribution in [2.24, 2.45) is 0 Å². The summed E-state index contributed by atoms with van der Waals surface area (Å²) in [4.78, 5) is -0.883. The van der Waals surface area contributed by atoms with Crippen molar-refractivity contribution < 1.29 is 17.2 Å². The summed E-state index contributed by atoms with van der Waals surface area (Å²) in [5.41, 5.74) is 0. The zero-order valence-electron chi connectivity index (χ0n) is 6.30. The summed E-state index contributed by atoms with van der Waals surface area (Å²) in [5.74, 6) is -2.14. The molecule has 0 N–H and O–H groups in total. The molecule has 0 aromatic heterocycles. The van der Waals surface area contributed by atoms with Crippen molar-refractivity contribution >= 4 is 25.8 Å². The maximum absolute atomic E-state index is 12.9. The summed E-state index contributed by atoms with van der Waals surface area (Å²) < 4.78 is 47.5. The van der Waals surface area contributed by atoms with Gasteiger partial charge >= 0.3 is 0 Å². The van der Waals surface area contributed by atoms with Gasteiger partial charge in [-0.2, -0.15) is 0 Å². The van der Waals surface area contributed by atoms with Crippen LogP contribution in [-0.2, 0) is 9.84 Å². The maximum atomic E-state index is 12.9. The van der Waals surface area contributed by atoms with Crippen LogP contribution in [0.25, 0.3) is 0 Å². The van der Waals surface area contributed by atoms with Gasteiger partial charge in [-0.15, -0.1) is 0 Å². The summed E-state index contributed by atoms with van der Waals surface area (Å²) in [6.45, 7) is 0. The van der Waals surface area contributed by atoms with Gasteiger partial charge in [0.15, 0.2) is 9.84 Å². The van der Waals surface area contributed by atoms with Gasteiger partial charge in [-0.1, -0.05) is 22.0 Å². The van der Waals surface area contributed by atoms with Crippen LogP contribution >= 0.6 is 15.9 Å². The monoisotopic (exact) mass is 270 g/mol. The van der Waals surface area contributed by atoms with Crippen LogP contribution in [0.1, 0.15) is 0 Å². The molecule has 0 heterocycles. The number of alkyl halides is 1. The third-order valence-electron chi connectivity index (χ3n) is 1.37. The van der Waals surface area contributed by atoms with Crippen LogP contribution in [-0.4, -0.2) is 13.1 Å². The normalized spacial score (nSPS) is 11.6. The number of hydrogen-bond donors (Lipinski definition) is 0. The molecule has 1 aromatic carbocycles. The Morgan fingerprint density at radius 1 is 1.23 bits per heavy atom. The maximum Gasteiger partial charge on any atom is 0.194 e. The Hall–Kier alpha value is -0.490. The van der Waals surface area contributed by atoms with Crippen LogP contribution in [0.15, 0.2) is 23.1 Å². The minimum absolute atomic E-state index is 0.502. The first-order valence-electron chi connectivity index (χ1n) is 3.22. The van der Waals surface area contributed by atoms with Crippen LogP contribution in [0.3, 0.4) is 0 Å². The predicted molar refractivity (Wildman–Crippen MR) is 47.3 cm³/mol. The van der Waals surface area contributed by atoms with Crippen molar-refractivity contribution in [3.63, 3.8) is 0 Å². The van der Waals surface area contributed by atoms with E-state index in [-0.39, 0.29) is 0 Å². The fourth-order valence-corrected chi connectivity index (χ4v) is 2.36. The van der Waals surface area contributed by atoms with Gasteiger partial charge in [0.05, 0.1) is 0 Å². The van der Waals surface area contributed by atoms with Crippen molar-refractivity contribution in [3.05, 3.63) is 29.8 Å². The van der Waals surface area contributed by atoms with Gasteiger partial charge in [-0.05, 0) is 12.1 Å². The SMILES string of the molecule is O=S(=O)(CBr)c1c(F)cccc1F. The van der Waals surface area contributed by atoms with Gasteiger partial charge in [-0.3, -0.25) is 0 Å². The molecule has 0 bridgehead atoms. The molecule has 13 heavy (non-hydrogen) atoms. The highest BCUT2D eigenvalue weighted by atomic mass is 79.9. The van der Waals surface area contributed by atoms with Crippen LogP contribution in [0.2, 0.25) is 0 Å². The van der Waals surface area contributed by atoms with Crippen molar-refractivity contribution in [3.8, 4) is 0 Å². The van der Waals surface area contributed by atoms with E-state index in [0.29, 0.717) is 0 Å². The number of sulfone groups is 1. The molecule has 1 aromatic rings. The minimum atomic E-state index is -3.89. The summed E-state index contributed by atoms with van der Waals surface area (Å²) in [7, 11) is -3.89. The van der Waals surface area contributed by atoms with Gasteiger partial charge in [0.25, 0.3) is 0 Å². The number of benzene rings is 1. The summed E-state index contributed by atoms with van der Waals surface area (Å²) in [6, 6.07) is 2.91. The zero-order valence-corrected chi connectivity index (χ0v) is 8.70. The van der Waals surface area contributed by atoms with Crippen molar-refractivity contribution in [1.29, 1.82) is 0 Å². The molecule has 0 fully saturated rings. The van der Waals surface area contributed by atoms with Crippen molar-refractivity contribution in [2.75, 3.05) is 4.66 Å². The zero-order chi connectivity index (χ0) is 10.1. The molecular formula is C7H5BrF2O2S. The molecule has 0 amide bonds. The molecule has 0 aliphatic carbocycles. The number of halogens is 3. The third kappa shape index (κ3) is 2.05. The average molecular weight is 271 g/mol. The van der Waals surface area contributed by atoms with E-state index in [1.807, 2.05) is 0 Å². The highest BCUT2D eigenvalue weighted by Gasteiger charge is 2.22. The Morgan fingerprint density at radius 2 is 1.69 bits per heavy atom. The smallest absolute Gasteiger partial charge is 0.194 e. The number of hydrogen-bond acceptors (Lipinski definition) is 2. The molecule has 0 saturated carbocycles. The van der Waals surface area contributed by atoms with E-state index in [2.05, 4.69) is 15.9 Å². The Morgan fingerprint density at radius 3 is 2.08 bits per heavy atom. The van der Waals surface area contributed by atoms with Gasteiger partial charge in [0, 0.05) is 0 Å². The second kappa shape index (κ2) is 3.71. The van der Waals surface area contributed by atoms with E-state index in [1.54, 1.807) is 0 Å². The Bertz CT molecular complexity index is 396. The van der Waals surface area contributed by atoms with E-state index in [9.17, 15) is 17.2 Å². The molecule has 0 saturated heterocycles. The van der Waals surface area contributed by atoms with Crippen LogP contribution in [0, 0.1) is 11.6 Å². The van der Waals surface area contributed by atoms with Crippen molar-refractivity contribution in [1.82, 2.24) is 0 Å². The second-order valence-corrected chi connectivity index (χ2v) is 5.50. The first-order valence-corrected chi connectivity index (χ1v) is 5.99. The highest BCUT2D eigenvalue weighted by molar-refractivity contribution is 9.10. The molecule has 0 unspecified atom stereocenters. The van der Waals surface area contributed by atoms with E-state index >= 15 is 0 Å². The minimum Gasteiger partial charge on any atom is -0.223 e. The molecule has 0 spiro atoms. The lowest BCUT2D eigenvalue weighted by Crippen LogP contribution is -2.07. The topological polar surface area (TPSA) is 34.1 Å². The van der Waals surface area contributed by atoms with E-state index < -0.39 is 31.0 Å². The lowest BCUT2D eigenvalue weighted by atomic mass is 10.3. The molecule has 0 aliphatic heterocycles. The average Bonchev–Trinajstić information content (AvgIpc) is 2.03. The largest absolute Gasteiger partial charge is 0.223 e. The third-order valence-corrected chi connectivity index (χ3v) is 4.48. The van der Waals surface area contributed by atoms with Crippen molar-refractivity contribution in [2.45, 2.75) is 4.90 Å². The highest BCUT2D eigenvalue weighted by Crippen LogP contribution is 2.20. The Labute approximate surface area is 82.6 Å². The lowest BCUT2D eigenvalue weighted by molar-refractivity contribution is 0.521. The molecule has 2 nitrogen and oxygen atoms in total. The fraction of sp³-hybridized carbons (Fsp3) is 0.143. The first kappa shape index (κ1) is 10.6. The Balaban J connectivity index is 3.46. The first-order chi connectivity index (χ1) is 5.99. The molecule has 72 valence electrons. The lowest BCUT2D eigenvalue weighted by Gasteiger charge is -2.02. The van der Waals surface area contributed by atoms with Crippen LogP contribution < -0.4 is 0 Å². The molecule has 1 rings (SSSR count). The Kier molecular flexibility index (Phi) is 3.02. The number of rotatable bonds is 2. The van der Waals surface area contributed by atoms with Crippen LogP contribution in [0.5, 0.6) is 0 Å². The molecule has 6 heteroatoms. The summed E-state index contributed by atoms with van der Waals surface area (Å²) >= 11 is 2.65. The summed E-state index contributed by atoms with van der Waals surface area (Å²) in [5, 5.41) is 0. The quantitative estimate of drug-likeness (QED) is 0.772. The second-order valence-electron chi connectivity index (χ2n) is 2.27.